The second-order valence-corrected chi connectivity index (χ2v) is 34.4. The average Bonchev–Trinajstić information content (AvgIpc) is 1.56. The van der Waals surface area contributed by atoms with Crippen LogP contribution >= 0.6 is 22.7 Å². The number of benzene rings is 20. The summed E-state index contributed by atoms with van der Waals surface area (Å²) in [6.07, 6.45) is 0. The van der Waals surface area contributed by atoms with Crippen molar-refractivity contribution in [2.45, 2.75) is 0 Å². The van der Waals surface area contributed by atoms with Crippen molar-refractivity contribution >= 4 is 175 Å². The zero-order valence-electron chi connectivity index (χ0n) is 69.8. The van der Waals surface area contributed by atoms with Gasteiger partial charge in [-0.3, -0.25) is 0 Å². The van der Waals surface area contributed by atoms with E-state index in [0.717, 1.165) is 85.1 Å². The minimum absolute atomic E-state index is 1.08. The fourth-order valence-electron chi connectivity index (χ4n) is 18.7. The number of thiophene rings is 2. The standard InChI is InChI=1S/2C60H41N3S/c1-5-16-42(17-6-1)43-28-30-44(31-29-43)45-32-34-49(35-33-45)62(48-22-11-4-12-23-48)50-24-15-25-51(40-50)63-56-38-36-52(61(46-18-7-2-8-19-46)47-20-9-3-10-21-47)41-55(56)59-57(63)39-37-54-53-26-13-14-27-58(53)64-60(54)59;1-5-15-42(16-6-1)44-25-29-48(30-26-44)61(49-31-27-45(28-32-49)43-17-7-2-8-18-43)50-33-35-51(36-34-50)63-56-39-37-52(62(46-19-9-3-10-20-46)47-21-11-4-12-22-47)41-55(56)59-57(63)40-38-54-53-23-13-14-24-58(53)64-60(54)59/h2*1-41H. The lowest BCUT2D eigenvalue weighted by Crippen LogP contribution is -2.10. The number of hydrogen-bond acceptors (Lipinski definition) is 6. The molecule has 0 aliphatic heterocycles. The van der Waals surface area contributed by atoms with Crippen molar-refractivity contribution in [3.8, 4) is 55.9 Å². The summed E-state index contributed by atoms with van der Waals surface area (Å²) in [5.41, 5.74) is 29.8. The zero-order chi connectivity index (χ0) is 84.8. The summed E-state index contributed by atoms with van der Waals surface area (Å²) in [6.45, 7) is 0. The molecule has 24 aromatic rings. The van der Waals surface area contributed by atoms with E-state index in [4.69, 9.17) is 0 Å². The summed E-state index contributed by atoms with van der Waals surface area (Å²) < 4.78 is 10.1. The first kappa shape index (κ1) is 76.5. The molecule has 0 aliphatic carbocycles. The van der Waals surface area contributed by atoms with E-state index in [1.54, 1.807) is 0 Å². The van der Waals surface area contributed by atoms with E-state index in [0.29, 0.717) is 0 Å². The van der Waals surface area contributed by atoms with Gasteiger partial charge in [-0.1, -0.05) is 297 Å². The lowest BCUT2D eigenvalue weighted by atomic mass is 10.00. The highest BCUT2D eigenvalue weighted by Crippen LogP contribution is 2.50. The van der Waals surface area contributed by atoms with Crippen molar-refractivity contribution in [2.75, 3.05) is 19.6 Å². The minimum Gasteiger partial charge on any atom is -0.311 e. The Hall–Kier alpha value is -16.4. The summed E-state index contributed by atoms with van der Waals surface area (Å²) in [5.74, 6) is 0. The number of anilines is 12. The van der Waals surface area contributed by atoms with Gasteiger partial charge in [0.25, 0.3) is 0 Å². The molecule has 0 saturated carbocycles. The molecule has 0 atom stereocenters. The molecule has 8 heteroatoms. The molecule has 0 bridgehead atoms. The Labute approximate surface area is 751 Å². The van der Waals surface area contributed by atoms with Gasteiger partial charge in [0.1, 0.15) is 0 Å². The monoisotopic (exact) mass is 1670 g/mol. The number of hydrogen-bond donors (Lipinski definition) is 0. The zero-order valence-corrected chi connectivity index (χ0v) is 71.5. The predicted octanol–water partition coefficient (Wildman–Crippen LogP) is 34.9. The van der Waals surface area contributed by atoms with E-state index in [1.807, 2.05) is 22.7 Å². The fourth-order valence-corrected chi connectivity index (χ4v) is 21.3. The summed E-state index contributed by atoms with van der Waals surface area (Å²) in [6, 6.07) is 180. The Bertz CT molecular complexity index is 7950. The van der Waals surface area contributed by atoms with E-state index in [-0.39, 0.29) is 0 Å². The molecule has 24 rings (SSSR count). The van der Waals surface area contributed by atoms with Gasteiger partial charge < -0.3 is 28.7 Å². The average molecular weight is 1670 g/mol. The van der Waals surface area contributed by atoms with E-state index in [2.05, 4.69) is 526 Å². The van der Waals surface area contributed by atoms with Gasteiger partial charge in [0.05, 0.1) is 22.1 Å². The van der Waals surface area contributed by atoms with Crippen LogP contribution in [0.1, 0.15) is 0 Å². The van der Waals surface area contributed by atoms with Crippen molar-refractivity contribution in [3.05, 3.63) is 497 Å². The lowest BCUT2D eigenvalue weighted by molar-refractivity contribution is 1.17. The van der Waals surface area contributed by atoms with Crippen LogP contribution in [0, 0.1) is 0 Å². The van der Waals surface area contributed by atoms with Crippen LogP contribution in [-0.4, -0.2) is 9.13 Å². The maximum atomic E-state index is 2.46. The van der Waals surface area contributed by atoms with Crippen LogP contribution in [0.2, 0.25) is 0 Å². The summed E-state index contributed by atoms with van der Waals surface area (Å²) >= 11 is 3.78. The molecule has 128 heavy (non-hydrogen) atoms. The van der Waals surface area contributed by atoms with Crippen molar-refractivity contribution in [2.24, 2.45) is 0 Å². The third-order valence-corrected chi connectivity index (χ3v) is 27.1. The van der Waals surface area contributed by atoms with E-state index >= 15 is 0 Å². The molecular weight excluding hydrogens is 1590 g/mol. The Morgan fingerprint density at radius 2 is 0.391 bits per heavy atom. The largest absolute Gasteiger partial charge is 0.311 e. The molecule has 0 aliphatic rings. The third-order valence-electron chi connectivity index (χ3n) is 24.7. The van der Waals surface area contributed by atoms with Gasteiger partial charge in [-0.15, -0.1) is 22.7 Å². The number of aromatic nitrogens is 2. The van der Waals surface area contributed by atoms with Gasteiger partial charge in [0.2, 0.25) is 0 Å². The fraction of sp³-hybridized carbons (Fsp3) is 0. The Balaban J connectivity index is 0.000000146. The molecule has 0 spiro atoms. The number of para-hydroxylation sites is 5. The second-order valence-electron chi connectivity index (χ2n) is 32.3. The highest BCUT2D eigenvalue weighted by Gasteiger charge is 2.26. The van der Waals surface area contributed by atoms with Gasteiger partial charge in [-0.05, 0) is 245 Å². The SMILES string of the molecule is c1ccc(-c2ccc(-c3ccc(N(c4ccccc4)c4cccc(-n5c6ccc(N(c7ccccc7)c7ccccc7)cc6c6c7sc8ccccc8c7ccc65)c4)cc3)cc2)cc1.c1ccc(-c2ccc(N(c3ccc(-c4ccccc4)cc3)c3ccc(-n4c5ccc(N(c6ccccc6)c6ccccc6)cc5c5c6sc7ccccc7c6ccc54)cc3)cc2)cc1. The third kappa shape index (κ3) is 14.2. The normalized spacial score (nSPS) is 11.4. The smallest absolute Gasteiger partial charge is 0.0555 e. The number of rotatable bonds is 18. The van der Waals surface area contributed by atoms with E-state index < -0.39 is 0 Å². The minimum atomic E-state index is 1.08. The number of fused-ring (bicyclic) bond motifs is 14. The first-order valence-corrected chi connectivity index (χ1v) is 45.1. The maximum Gasteiger partial charge on any atom is 0.0555 e. The van der Waals surface area contributed by atoms with Crippen molar-refractivity contribution in [1.82, 2.24) is 9.13 Å². The molecule has 6 nitrogen and oxygen atoms in total. The second kappa shape index (κ2) is 33.4. The Morgan fingerprint density at radius 1 is 0.148 bits per heavy atom. The molecule has 0 N–H and O–H groups in total. The molecule has 604 valence electrons. The van der Waals surface area contributed by atoms with Gasteiger partial charge in [0, 0.05) is 142 Å². The van der Waals surface area contributed by atoms with Crippen molar-refractivity contribution < 1.29 is 0 Å². The Kier molecular flexibility index (Phi) is 19.9. The van der Waals surface area contributed by atoms with Crippen LogP contribution in [0.5, 0.6) is 0 Å². The van der Waals surface area contributed by atoms with Crippen LogP contribution in [0.3, 0.4) is 0 Å². The molecule has 4 heterocycles. The molecular formula is C120H82N6S2. The topological polar surface area (TPSA) is 22.8 Å². The highest BCUT2D eigenvalue weighted by atomic mass is 32.1. The molecule has 20 aromatic carbocycles. The van der Waals surface area contributed by atoms with Crippen LogP contribution in [0.15, 0.2) is 497 Å². The first-order chi connectivity index (χ1) is 63.5. The molecule has 0 fully saturated rings. The van der Waals surface area contributed by atoms with Gasteiger partial charge in [-0.2, -0.15) is 0 Å². The molecule has 0 radical (unpaired) electrons. The summed E-state index contributed by atoms with van der Waals surface area (Å²) in [7, 11) is 0. The van der Waals surface area contributed by atoms with E-state index in [9.17, 15) is 0 Å². The highest BCUT2D eigenvalue weighted by molar-refractivity contribution is 7.27. The molecule has 4 aromatic heterocycles. The van der Waals surface area contributed by atoms with E-state index in [1.165, 1.54) is 123 Å². The lowest BCUT2D eigenvalue weighted by Gasteiger charge is -2.26. The quantitative estimate of drug-likeness (QED) is 0.0854. The van der Waals surface area contributed by atoms with Crippen LogP contribution in [0.25, 0.3) is 140 Å². The maximum absolute atomic E-state index is 2.46. The molecule has 0 unspecified atom stereocenters. The summed E-state index contributed by atoms with van der Waals surface area (Å²) in [4.78, 5) is 9.43. The van der Waals surface area contributed by atoms with Gasteiger partial charge in [-0.25, -0.2) is 0 Å². The number of nitrogens with zero attached hydrogens (tertiary/aromatic N) is 6. The predicted molar refractivity (Wildman–Crippen MR) is 548 cm³/mol. The first-order valence-electron chi connectivity index (χ1n) is 43.5. The van der Waals surface area contributed by atoms with Crippen molar-refractivity contribution in [1.29, 1.82) is 0 Å². The Morgan fingerprint density at radius 3 is 0.734 bits per heavy atom. The summed E-state index contributed by atoms with van der Waals surface area (Å²) in [5, 5.41) is 10.2. The van der Waals surface area contributed by atoms with Crippen LogP contribution < -0.4 is 19.6 Å². The van der Waals surface area contributed by atoms with Crippen LogP contribution in [0.4, 0.5) is 68.2 Å². The van der Waals surface area contributed by atoms with Crippen LogP contribution in [-0.2, 0) is 0 Å². The molecule has 0 saturated heterocycles. The van der Waals surface area contributed by atoms with Crippen molar-refractivity contribution in [3.63, 3.8) is 0 Å². The van der Waals surface area contributed by atoms with Gasteiger partial charge >= 0.3 is 0 Å². The molecule has 0 amide bonds. The van der Waals surface area contributed by atoms with Gasteiger partial charge in [0.15, 0.2) is 0 Å².